The first-order valence-corrected chi connectivity index (χ1v) is 14.1. The van der Waals surface area contributed by atoms with Gasteiger partial charge in [-0.25, -0.2) is 4.98 Å². The van der Waals surface area contributed by atoms with Crippen molar-refractivity contribution in [3.05, 3.63) is 88.1 Å². The second kappa shape index (κ2) is 11.6. The molecule has 0 radical (unpaired) electrons. The van der Waals surface area contributed by atoms with Crippen molar-refractivity contribution in [1.29, 1.82) is 0 Å². The smallest absolute Gasteiger partial charge is 0.226 e. The number of benzene rings is 2. The molecule has 0 bridgehead atoms. The third kappa shape index (κ3) is 5.34. The molecular formula is C32H36N4O5. The topological polar surface area (TPSA) is 102 Å². The Kier molecular flexibility index (Phi) is 7.77. The lowest BCUT2D eigenvalue weighted by molar-refractivity contribution is -0.0695. The summed E-state index contributed by atoms with van der Waals surface area (Å²) in [5, 5.41) is 23.8. The van der Waals surface area contributed by atoms with Gasteiger partial charge in [-0.15, -0.1) is 0 Å². The second-order valence-corrected chi connectivity index (χ2v) is 10.6. The first kappa shape index (κ1) is 27.4. The van der Waals surface area contributed by atoms with Crippen LogP contribution in [-0.2, 0) is 24.3 Å². The van der Waals surface area contributed by atoms with Crippen molar-refractivity contribution in [3.63, 3.8) is 0 Å². The van der Waals surface area contributed by atoms with Crippen LogP contribution in [0.2, 0.25) is 0 Å². The molecule has 0 unspecified atom stereocenters. The number of aliphatic hydroxyl groups excluding tert-OH is 1. The molecule has 9 heteroatoms. The Morgan fingerprint density at radius 1 is 1.05 bits per heavy atom. The summed E-state index contributed by atoms with van der Waals surface area (Å²) in [4.78, 5) is 7.39. The zero-order valence-corrected chi connectivity index (χ0v) is 23.7. The summed E-state index contributed by atoms with van der Waals surface area (Å²) in [5.74, 6) is 1.53. The predicted octanol–water partition coefficient (Wildman–Crippen LogP) is 4.27. The summed E-state index contributed by atoms with van der Waals surface area (Å²) in [5.41, 5.74) is 8.13. The van der Waals surface area contributed by atoms with Crippen molar-refractivity contribution in [2.24, 2.45) is 0 Å². The van der Waals surface area contributed by atoms with Crippen LogP contribution >= 0.6 is 0 Å². The highest BCUT2D eigenvalue weighted by Gasteiger charge is 2.29. The molecule has 2 aromatic heterocycles. The molecule has 2 N–H and O–H groups in total. The van der Waals surface area contributed by atoms with E-state index >= 15 is 0 Å². The molecule has 2 aliphatic heterocycles. The van der Waals surface area contributed by atoms with Gasteiger partial charge in [0.05, 0.1) is 43.3 Å². The van der Waals surface area contributed by atoms with Crippen molar-refractivity contribution in [2.45, 2.75) is 52.7 Å². The summed E-state index contributed by atoms with van der Waals surface area (Å²) >= 11 is 0. The number of hydrogen-bond donors (Lipinski definition) is 2. The molecule has 4 heterocycles. The van der Waals surface area contributed by atoms with E-state index < -0.39 is 6.29 Å². The van der Waals surface area contributed by atoms with Crippen molar-refractivity contribution >= 4 is 0 Å². The quantitative estimate of drug-likeness (QED) is 0.295. The van der Waals surface area contributed by atoms with Gasteiger partial charge in [0.2, 0.25) is 5.88 Å². The summed E-state index contributed by atoms with van der Waals surface area (Å²) in [6.07, 6.45) is 0.726. The average molecular weight is 557 g/mol. The van der Waals surface area contributed by atoms with Crippen LogP contribution < -0.4 is 9.47 Å². The van der Waals surface area contributed by atoms with E-state index in [0.29, 0.717) is 30.8 Å². The molecule has 1 fully saturated rings. The molecular weight excluding hydrogens is 520 g/mol. The molecule has 0 atom stereocenters. The number of nitrogens with zero attached hydrogens (tertiary/aromatic N) is 4. The molecule has 214 valence electrons. The summed E-state index contributed by atoms with van der Waals surface area (Å²) in [6.45, 7) is 10.6. The van der Waals surface area contributed by atoms with Crippen LogP contribution in [0.1, 0.15) is 46.6 Å². The van der Waals surface area contributed by atoms with E-state index in [4.69, 9.17) is 19.2 Å². The minimum atomic E-state index is -1.70. The lowest BCUT2D eigenvalue weighted by Gasteiger charge is -2.40. The zero-order valence-electron chi connectivity index (χ0n) is 23.7. The highest BCUT2D eigenvalue weighted by atomic mass is 16.5. The van der Waals surface area contributed by atoms with E-state index in [1.54, 1.807) is 6.07 Å². The van der Waals surface area contributed by atoms with Gasteiger partial charge in [0.15, 0.2) is 12.1 Å². The number of fused-ring (bicyclic) bond motifs is 1. The standard InChI is InChI=1S/C32H36N4O5/c1-4-40-31-27(32(37)38)15-33-36(31)29-10-6-9-28(34-29)26-8-5-7-20(2)30(26)41-17-23-12-11-22-16-35(24-18-39-19-24)14-13-25(22)21(23)3/h5-12,15,24,32,37-38H,4,13-14,16-19H2,1-3H3. The van der Waals surface area contributed by atoms with Crippen molar-refractivity contribution in [3.8, 4) is 28.7 Å². The minimum Gasteiger partial charge on any atom is -0.488 e. The van der Waals surface area contributed by atoms with E-state index in [-0.39, 0.29) is 11.4 Å². The first-order valence-electron chi connectivity index (χ1n) is 14.1. The maximum atomic E-state index is 9.75. The number of rotatable bonds is 9. The Balaban J connectivity index is 1.26. The van der Waals surface area contributed by atoms with Gasteiger partial charge in [0, 0.05) is 18.7 Å². The van der Waals surface area contributed by atoms with Gasteiger partial charge in [-0.2, -0.15) is 9.78 Å². The van der Waals surface area contributed by atoms with E-state index in [1.165, 1.54) is 33.1 Å². The van der Waals surface area contributed by atoms with Crippen LogP contribution in [0.5, 0.6) is 11.6 Å². The zero-order chi connectivity index (χ0) is 28.5. The fourth-order valence-electron chi connectivity index (χ4n) is 5.67. The summed E-state index contributed by atoms with van der Waals surface area (Å²) in [6, 6.07) is 16.7. The average Bonchev–Trinajstić information content (AvgIpc) is 3.37. The SMILES string of the molecule is CCOc1c(C(O)O)cnn1-c1cccc(-c2cccc(C)c2OCc2ccc3c(c2C)CCN(C2COC2)C3)n1. The Labute approximate surface area is 239 Å². The highest BCUT2D eigenvalue weighted by Crippen LogP contribution is 2.35. The van der Waals surface area contributed by atoms with Crippen LogP contribution in [0.15, 0.2) is 54.7 Å². The minimum absolute atomic E-state index is 0.184. The van der Waals surface area contributed by atoms with Crippen LogP contribution in [0.4, 0.5) is 0 Å². The number of hydrogen-bond acceptors (Lipinski definition) is 8. The molecule has 0 amide bonds. The maximum absolute atomic E-state index is 9.75. The molecule has 9 nitrogen and oxygen atoms in total. The van der Waals surface area contributed by atoms with Gasteiger partial charge in [0.25, 0.3) is 0 Å². The van der Waals surface area contributed by atoms with Crippen LogP contribution in [-0.4, -0.2) is 62.3 Å². The van der Waals surface area contributed by atoms with E-state index in [9.17, 15) is 10.2 Å². The molecule has 0 spiro atoms. The number of ether oxygens (including phenoxy) is 3. The predicted molar refractivity (Wildman–Crippen MR) is 154 cm³/mol. The van der Waals surface area contributed by atoms with E-state index in [2.05, 4.69) is 29.1 Å². The Morgan fingerprint density at radius 2 is 1.88 bits per heavy atom. The van der Waals surface area contributed by atoms with Gasteiger partial charge < -0.3 is 24.4 Å². The molecule has 2 aromatic carbocycles. The number of aromatic nitrogens is 3. The second-order valence-electron chi connectivity index (χ2n) is 10.6. The van der Waals surface area contributed by atoms with Crippen molar-refractivity contribution in [1.82, 2.24) is 19.7 Å². The number of aryl methyl sites for hydroxylation is 1. The number of para-hydroxylation sites is 1. The number of pyridine rings is 1. The third-order valence-electron chi connectivity index (χ3n) is 8.09. The summed E-state index contributed by atoms with van der Waals surface area (Å²) in [7, 11) is 0. The number of aliphatic hydroxyl groups is 2. The largest absolute Gasteiger partial charge is 0.488 e. The van der Waals surface area contributed by atoms with Gasteiger partial charge in [-0.3, -0.25) is 4.90 Å². The van der Waals surface area contributed by atoms with Gasteiger partial charge in [0.1, 0.15) is 12.4 Å². The lowest BCUT2D eigenvalue weighted by atomic mass is 9.91. The van der Waals surface area contributed by atoms with E-state index in [0.717, 1.165) is 49.6 Å². The molecule has 0 aliphatic carbocycles. The van der Waals surface area contributed by atoms with Crippen molar-refractivity contribution in [2.75, 3.05) is 26.4 Å². The first-order chi connectivity index (χ1) is 19.9. The molecule has 2 aliphatic rings. The molecule has 1 saturated heterocycles. The highest BCUT2D eigenvalue weighted by molar-refractivity contribution is 5.69. The molecule has 6 rings (SSSR count). The van der Waals surface area contributed by atoms with Crippen LogP contribution in [0.3, 0.4) is 0 Å². The van der Waals surface area contributed by atoms with Gasteiger partial charge in [-0.05, 0) is 73.2 Å². The Morgan fingerprint density at radius 3 is 2.63 bits per heavy atom. The summed E-state index contributed by atoms with van der Waals surface area (Å²) < 4.78 is 19.1. The van der Waals surface area contributed by atoms with E-state index in [1.807, 2.05) is 44.2 Å². The van der Waals surface area contributed by atoms with Crippen molar-refractivity contribution < 1.29 is 24.4 Å². The van der Waals surface area contributed by atoms with Gasteiger partial charge in [-0.1, -0.05) is 30.3 Å². The fraction of sp³-hybridized carbons (Fsp3) is 0.375. The molecule has 4 aromatic rings. The third-order valence-corrected chi connectivity index (χ3v) is 8.09. The Hall–Kier alpha value is -3.76. The monoisotopic (exact) mass is 556 g/mol. The fourth-order valence-corrected chi connectivity index (χ4v) is 5.67. The molecule has 0 saturated carbocycles. The van der Waals surface area contributed by atoms with Crippen LogP contribution in [0, 0.1) is 13.8 Å². The lowest BCUT2D eigenvalue weighted by Crippen LogP contribution is -2.50. The van der Waals surface area contributed by atoms with Crippen LogP contribution in [0.25, 0.3) is 17.1 Å². The normalized spacial score (nSPS) is 15.6. The molecule has 41 heavy (non-hydrogen) atoms. The Bertz CT molecular complexity index is 1550. The van der Waals surface area contributed by atoms with Gasteiger partial charge >= 0.3 is 0 Å². The maximum Gasteiger partial charge on any atom is 0.226 e.